The standard InChI is InChI=1S/C30H35Cl2N3O4S/c1-20-11-15-25(16-12-20)40(38,39)35(24-14-13-21(2)27(32)17-24)19-28(36)34(18-23-9-7-8-10-26(23)31)22(3)29(37)33-30(4,5)6/h7-17,22H,18-19H2,1-6H3,(H,33,37)/t22-/m0/s1. The Morgan fingerprint density at radius 2 is 1.55 bits per heavy atom. The summed E-state index contributed by atoms with van der Waals surface area (Å²) in [6, 6.07) is 17.3. The van der Waals surface area contributed by atoms with E-state index in [0.717, 1.165) is 15.4 Å². The first kappa shape index (κ1) is 31.5. The van der Waals surface area contributed by atoms with E-state index in [-0.39, 0.29) is 23.0 Å². The van der Waals surface area contributed by atoms with Crippen LogP contribution in [0.15, 0.2) is 71.6 Å². The molecule has 0 saturated carbocycles. The predicted octanol–water partition coefficient (Wildman–Crippen LogP) is 6.14. The van der Waals surface area contributed by atoms with Crippen LogP contribution in [-0.4, -0.2) is 43.3 Å². The number of carbonyl (C=O) groups is 2. The highest BCUT2D eigenvalue weighted by Gasteiger charge is 2.33. The molecule has 214 valence electrons. The Hall–Kier alpha value is -3.07. The highest BCUT2D eigenvalue weighted by molar-refractivity contribution is 7.92. The molecule has 40 heavy (non-hydrogen) atoms. The van der Waals surface area contributed by atoms with E-state index in [1.165, 1.54) is 23.1 Å². The molecule has 0 aliphatic rings. The van der Waals surface area contributed by atoms with Crippen LogP contribution in [0.3, 0.4) is 0 Å². The molecule has 0 saturated heterocycles. The van der Waals surface area contributed by atoms with Gasteiger partial charge in [-0.2, -0.15) is 0 Å². The number of carbonyl (C=O) groups excluding carboxylic acids is 2. The second-order valence-corrected chi connectivity index (χ2v) is 13.5. The first-order chi connectivity index (χ1) is 18.6. The minimum Gasteiger partial charge on any atom is -0.350 e. The lowest BCUT2D eigenvalue weighted by molar-refractivity contribution is -0.140. The van der Waals surface area contributed by atoms with Gasteiger partial charge in [-0.1, -0.05) is 65.2 Å². The van der Waals surface area contributed by atoms with E-state index in [0.29, 0.717) is 15.6 Å². The number of hydrogen-bond donors (Lipinski definition) is 1. The van der Waals surface area contributed by atoms with Crippen LogP contribution in [0.4, 0.5) is 5.69 Å². The first-order valence-corrected chi connectivity index (χ1v) is 15.0. The lowest BCUT2D eigenvalue weighted by Crippen LogP contribution is -2.54. The highest BCUT2D eigenvalue weighted by Crippen LogP contribution is 2.29. The van der Waals surface area contributed by atoms with Crippen molar-refractivity contribution in [3.63, 3.8) is 0 Å². The third kappa shape index (κ3) is 7.77. The minimum atomic E-state index is -4.18. The highest BCUT2D eigenvalue weighted by atomic mass is 35.5. The van der Waals surface area contributed by atoms with E-state index < -0.39 is 34.1 Å². The smallest absolute Gasteiger partial charge is 0.264 e. The summed E-state index contributed by atoms with van der Waals surface area (Å²) in [6.07, 6.45) is 0. The SMILES string of the molecule is Cc1ccc(S(=O)(=O)N(CC(=O)N(Cc2ccccc2Cl)[C@@H](C)C(=O)NC(C)(C)C)c2ccc(C)c(Cl)c2)cc1. The summed E-state index contributed by atoms with van der Waals surface area (Å²) in [5.41, 5.74) is 1.97. The van der Waals surface area contributed by atoms with Gasteiger partial charge < -0.3 is 10.2 Å². The summed E-state index contributed by atoms with van der Waals surface area (Å²) < 4.78 is 28.9. The fourth-order valence-corrected chi connectivity index (χ4v) is 5.75. The summed E-state index contributed by atoms with van der Waals surface area (Å²) in [7, 11) is -4.18. The average molecular weight is 605 g/mol. The van der Waals surface area contributed by atoms with Gasteiger partial charge >= 0.3 is 0 Å². The lowest BCUT2D eigenvalue weighted by Gasteiger charge is -2.33. The summed E-state index contributed by atoms with van der Waals surface area (Å²) in [6.45, 7) is 10.2. The Morgan fingerprint density at radius 1 is 0.925 bits per heavy atom. The maximum Gasteiger partial charge on any atom is 0.264 e. The van der Waals surface area contributed by atoms with E-state index in [1.54, 1.807) is 62.4 Å². The maximum atomic E-state index is 14.0. The molecule has 0 aliphatic carbocycles. The number of nitrogens with zero attached hydrogens (tertiary/aromatic N) is 2. The van der Waals surface area contributed by atoms with Crippen molar-refractivity contribution in [1.82, 2.24) is 10.2 Å². The van der Waals surface area contributed by atoms with Crippen LogP contribution in [0.5, 0.6) is 0 Å². The van der Waals surface area contributed by atoms with Crippen LogP contribution >= 0.6 is 23.2 Å². The third-order valence-corrected chi connectivity index (χ3v) is 8.86. The third-order valence-electron chi connectivity index (χ3n) is 6.30. The summed E-state index contributed by atoms with van der Waals surface area (Å²) in [5, 5.41) is 3.69. The molecule has 0 heterocycles. The van der Waals surface area contributed by atoms with Gasteiger partial charge in [0.2, 0.25) is 11.8 Å². The monoisotopic (exact) mass is 603 g/mol. The molecule has 3 aromatic carbocycles. The van der Waals surface area contributed by atoms with Crippen LogP contribution < -0.4 is 9.62 Å². The Morgan fingerprint density at radius 3 is 2.12 bits per heavy atom. The quantitative estimate of drug-likeness (QED) is 0.318. The molecule has 0 aliphatic heterocycles. The Bertz CT molecular complexity index is 1490. The first-order valence-electron chi connectivity index (χ1n) is 12.8. The number of hydrogen-bond acceptors (Lipinski definition) is 4. The number of anilines is 1. The van der Waals surface area contributed by atoms with E-state index in [4.69, 9.17) is 23.2 Å². The normalized spacial score (nSPS) is 12.5. The van der Waals surface area contributed by atoms with Gasteiger partial charge in [0.15, 0.2) is 0 Å². The summed E-state index contributed by atoms with van der Waals surface area (Å²) >= 11 is 12.8. The molecule has 7 nitrogen and oxygen atoms in total. The van der Waals surface area contributed by atoms with Gasteiger partial charge in [-0.05, 0) is 83.0 Å². The molecule has 3 aromatic rings. The molecule has 0 radical (unpaired) electrons. The van der Waals surface area contributed by atoms with Gasteiger partial charge in [-0.15, -0.1) is 0 Å². The number of nitrogens with one attached hydrogen (secondary N) is 1. The zero-order valence-corrected chi connectivity index (χ0v) is 25.9. The van der Waals surface area contributed by atoms with Gasteiger partial charge in [0.25, 0.3) is 10.0 Å². The van der Waals surface area contributed by atoms with Crippen molar-refractivity contribution in [1.29, 1.82) is 0 Å². The number of benzene rings is 3. The van der Waals surface area contributed by atoms with Crippen molar-refractivity contribution in [3.8, 4) is 0 Å². The topological polar surface area (TPSA) is 86.8 Å². The Balaban J connectivity index is 2.08. The molecule has 0 aromatic heterocycles. The number of rotatable bonds is 9. The minimum absolute atomic E-state index is 0.00428. The van der Waals surface area contributed by atoms with Gasteiger partial charge in [0, 0.05) is 22.1 Å². The zero-order valence-electron chi connectivity index (χ0n) is 23.5. The van der Waals surface area contributed by atoms with Crippen molar-refractivity contribution in [2.75, 3.05) is 10.8 Å². The van der Waals surface area contributed by atoms with Gasteiger partial charge in [-0.25, -0.2) is 8.42 Å². The molecule has 3 rings (SSSR count). The van der Waals surface area contributed by atoms with E-state index in [2.05, 4.69) is 5.32 Å². The number of sulfonamides is 1. The zero-order chi connectivity index (χ0) is 29.8. The maximum absolute atomic E-state index is 14.0. The fourth-order valence-electron chi connectivity index (χ4n) is 3.97. The number of aryl methyl sites for hydroxylation is 2. The van der Waals surface area contributed by atoms with Crippen molar-refractivity contribution >= 4 is 50.7 Å². The van der Waals surface area contributed by atoms with Crippen molar-refractivity contribution in [2.24, 2.45) is 0 Å². The van der Waals surface area contributed by atoms with Gasteiger partial charge in [0.1, 0.15) is 12.6 Å². The second kappa shape index (κ2) is 12.6. The molecule has 1 atom stereocenters. The van der Waals surface area contributed by atoms with E-state index in [1.807, 2.05) is 27.7 Å². The predicted molar refractivity (Wildman–Crippen MR) is 161 cm³/mol. The van der Waals surface area contributed by atoms with Crippen LogP contribution in [0, 0.1) is 13.8 Å². The molecule has 1 N–H and O–H groups in total. The number of halogens is 2. The summed E-state index contributed by atoms with van der Waals surface area (Å²) in [4.78, 5) is 28.6. The molecule has 0 fully saturated rings. The van der Waals surface area contributed by atoms with Crippen molar-refractivity contribution < 1.29 is 18.0 Å². The van der Waals surface area contributed by atoms with Crippen LogP contribution in [0.2, 0.25) is 10.0 Å². The van der Waals surface area contributed by atoms with E-state index >= 15 is 0 Å². The molecule has 0 bridgehead atoms. The average Bonchev–Trinajstić information content (AvgIpc) is 2.87. The molecule has 0 unspecified atom stereocenters. The fraction of sp³-hybridized carbons (Fsp3) is 0.333. The van der Waals surface area contributed by atoms with Crippen LogP contribution in [-0.2, 0) is 26.2 Å². The van der Waals surface area contributed by atoms with Crippen LogP contribution in [0.25, 0.3) is 0 Å². The number of amides is 2. The Labute approximate surface area is 247 Å². The molecule has 2 amide bonds. The van der Waals surface area contributed by atoms with Crippen LogP contribution in [0.1, 0.15) is 44.4 Å². The summed E-state index contributed by atoms with van der Waals surface area (Å²) in [5.74, 6) is -0.955. The van der Waals surface area contributed by atoms with E-state index in [9.17, 15) is 18.0 Å². The van der Waals surface area contributed by atoms with Crippen molar-refractivity contribution in [2.45, 2.75) is 64.6 Å². The van der Waals surface area contributed by atoms with Gasteiger partial charge in [-0.3, -0.25) is 13.9 Å². The van der Waals surface area contributed by atoms with Crippen molar-refractivity contribution in [3.05, 3.63) is 93.5 Å². The Kier molecular flexibility index (Phi) is 9.93. The lowest BCUT2D eigenvalue weighted by atomic mass is 10.1. The second-order valence-electron chi connectivity index (χ2n) is 10.8. The largest absolute Gasteiger partial charge is 0.350 e. The molecular formula is C30H35Cl2N3O4S. The molecule has 10 heteroatoms. The molecule has 0 spiro atoms. The molecular weight excluding hydrogens is 569 g/mol. The van der Waals surface area contributed by atoms with Gasteiger partial charge in [0.05, 0.1) is 10.6 Å².